The minimum absolute atomic E-state index is 0.0150. The molecule has 2 fully saturated rings. The molecular weight excluding hydrogens is 556 g/mol. The van der Waals surface area contributed by atoms with Gasteiger partial charge < -0.3 is 30.3 Å². The van der Waals surface area contributed by atoms with Gasteiger partial charge in [-0.2, -0.15) is 0 Å². The number of nitrogens with one attached hydrogen (secondary N) is 2. The number of thioether (sulfide) groups is 1. The number of aliphatic carboxylic acids is 1. The quantitative estimate of drug-likeness (QED) is 0.0689. The van der Waals surface area contributed by atoms with Gasteiger partial charge in [-0.25, -0.2) is 9.56 Å². The molecule has 7 N–H and O–H groups in total. The van der Waals surface area contributed by atoms with E-state index in [9.17, 15) is 14.7 Å². The van der Waals surface area contributed by atoms with Crippen LogP contribution in [0.5, 0.6) is 0 Å². The highest BCUT2D eigenvalue weighted by molar-refractivity contribution is 8.00. The van der Waals surface area contributed by atoms with Crippen LogP contribution in [0.1, 0.15) is 19.8 Å². The highest BCUT2D eigenvalue weighted by Crippen LogP contribution is 2.40. The van der Waals surface area contributed by atoms with E-state index in [2.05, 4.69) is 29.7 Å². The van der Waals surface area contributed by atoms with Crippen LogP contribution in [0, 0.1) is 5.92 Å². The normalized spacial score (nSPS) is 26.5. The molecule has 5 rings (SSSR count). The smallest absolute Gasteiger partial charge is 0.348 e. The number of carbonyl (C=O) groups is 2. The maximum Gasteiger partial charge on any atom is 0.348 e. The molecule has 0 aliphatic carbocycles. The van der Waals surface area contributed by atoms with Gasteiger partial charge in [-0.3, -0.25) is 20.2 Å². The van der Waals surface area contributed by atoms with Gasteiger partial charge in [0.2, 0.25) is 12.0 Å². The van der Waals surface area contributed by atoms with E-state index in [1.807, 2.05) is 34.1 Å². The molecule has 14 nitrogen and oxygen atoms in total. The van der Waals surface area contributed by atoms with Crippen LogP contribution in [-0.2, 0) is 27.5 Å². The predicted octanol–water partition coefficient (Wildman–Crippen LogP) is -0.710. The number of carboxylic acid groups (broad SMARTS) is 1. The van der Waals surface area contributed by atoms with E-state index in [-0.39, 0.29) is 28.9 Å². The van der Waals surface area contributed by atoms with Crippen molar-refractivity contribution >= 4 is 58.3 Å². The fourth-order valence-electron chi connectivity index (χ4n) is 5.24. The number of aliphatic imine (C=N–C) groups is 1. The van der Waals surface area contributed by atoms with Gasteiger partial charge in [-0.1, -0.05) is 5.16 Å². The number of unbranched alkanes of at least 4 members (excludes halogenated alkanes) is 1. The third-order valence-electron chi connectivity index (χ3n) is 7.12. The first-order valence-corrected chi connectivity index (χ1v) is 15.2. The second-order valence-corrected chi connectivity index (χ2v) is 11.9. The highest BCUT2D eigenvalue weighted by Gasteiger charge is 2.53. The van der Waals surface area contributed by atoms with Gasteiger partial charge in [0.05, 0.1) is 24.2 Å². The predicted molar refractivity (Wildman–Crippen MR) is 153 cm³/mol. The molecule has 40 heavy (non-hydrogen) atoms. The zero-order valence-electron chi connectivity index (χ0n) is 22.2. The molecule has 0 saturated carbocycles. The average molecular weight is 592 g/mol. The monoisotopic (exact) mass is 591 g/mol. The lowest BCUT2D eigenvalue weighted by molar-refractivity contribution is -0.679. The van der Waals surface area contributed by atoms with Crippen molar-refractivity contribution in [1.29, 1.82) is 0 Å². The number of fused-ring (bicyclic) bond motifs is 2. The zero-order valence-corrected chi connectivity index (χ0v) is 23.8. The average Bonchev–Trinajstić information content (AvgIpc) is 3.54. The Labute approximate surface area is 240 Å². The van der Waals surface area contributed by atoms with E-state index < -0.39 is 23.4 Å². The SMILES string of the molecule is CCO/N=C(\C(=O)N[C@@H]1CN2C(C(=O)O)C(C[n+]3cccc4c3ncn4CCCCN)CS[C@H]12)C1=NC(N)SN1. The molecule has 5 atom stereocenters. The topological polar surface area (TPSA) is 189 Å². The number of imidazole rings is 1. The molecular formula is C24H35N10O4S2+. The van der Waals surface area contributed by atoms with Crippen LogP contribution in [0.2, 0.25) is 0 Å². The molecule has 2 aromatic rings. The van der Waals surface area contributed by atoms with Crippen LogP contribution in [0.4, 0.5) is 0 Å². The largest absolute Gasteiger partial charge is 0.480 e. The van der Waals surface area contributed by atoms with Crippen LogP contribution < -0.4 is 26.1 Å². The fraction of sp³-hybridized carbons (Fsp3) is 0.583. The molecule has 0 aromatic carbocycles. The lowest BCUT2D eigenvalue weighted by Crippen LogP contribution is -2.73. The number of aryl methyl sites for hydroxylation is 1. The van der Waals surface area contributed by atoms with Gasteiger partial charge in [0.25, 0.3) is 5.91 Å². The van der Waals surface area contributed by atoms with Gasteiger partial charge in [0.1, 0.15) is 18.2 Å². The summed E-state index contributed by atoms with van der Waals surface area (Å²) in [5.41, 5.74) is 12.8. The molecule has 0 radical (unpaired) electrons. The molecule has 1 amide bonds. The van der Waals surface area contributed by atoms with Crippen LogP contribution in [0.15, 0.2) is 34.8 Å². The van der Waals surface area contributed by atoms with Crippen molar-refractivity contribution in [3.63, 3.8) is 0 Å². The number of amides is 1. The van der Waals surface area contributed by atoms with Gasteiger partial charge in [-0.05, 0) is 55.4 Å². The lowest BCUT2D eigenvalue weighted by Gasteiger charge is -2.54. The van der Waals surface area contributed by atoms with Crippen molar-refractivity contribution in [3.05, 3.63) is 24.7 Å². The maximum absolute atomic E-state index is 13.1. The van der Waals surface area contributed by atoms with Gasteiger partial charge in [0, 0.05) is 24.8 Å². The van der Waals surface area contributed by atoms with Crippen LogP contribution >= 0.6 is 23.7 Å². The third kappa shape index (κ3) is 5.90. The fourth-order valence-corrected chi connectivity index (χ4v) is 7.31. The first-order chi connectivity index (χ1) is 19.4. The number of carboxylic acids is 1. The van der Waals surface area contributed by atoms with Crippen LogP contribution in [-0.4, -0.2) is 91.4 Å². The summed E-state index contributed by atoms with van der Waals surface area (Å²) in [6, 6.07) is 3.09. The van der Waals surface area contributed by atoms with Gasteiger partial charge in [-0.15, -0.1) is 11.8 Å². The second kappa shape index (κ2) is 12.7. The van der Waals surface area contributed by atoms with E-state index in [1.54, 1.807) is 18.7 Å². The molecule has 3 aliphatic heterocycles. The Kier molecular flexibility index (Phi) is 9.10. The number of nitrogens with zero attached hydrogens (tertiary/aromatic N) is 6. The molecule has 3 aliphatic rings. The van der Waals surface area contributed by atoms with Crippen molar-refractivity contribution in [2.45, 2.75) is 55.8 Å². The standard InChI is InChI=1S/C24H34N10O4S2/c1-2-38-30-17(19-29-24(26)40-31-19)21(35)28-15-11-34-18(23(36)37)14(12-39-22(15)34)10-32-9-5-6-16-20(32)27-13-33(16)8-4-3-7-25/h5-6,9,13-15,18,22,24H,2-4,7-8,10-12,25-26H2,1H3,(H2-,28,29,31,35,36,37)/p+1/b30-17-/t14?,15-,18?,22-,24?/m1/s1. The minimum atomic E-state index is -0.866. The third-order valence-corrected chi connectivity index (χ3v) is 9.34. The number of carbonyl (C=O) groups excluding carboxylic acids is 1. The summed E-state index contributed by atoms with van der Waals surface area (Å²) in [5.74, 6) is -0.566. The lowest BCUT2D eigenvalue weighted by atomic mass is 9.93. The van der Waals surface area contributed by atoms with Crippen molar-refractivity contribution < 1.29 is 24.1 Å². The Balaban J connectivity index is 1.26. The molecule has 0 spiro atoms. The van der Waals surface area contributed by atoms with Gasteiger partial charge in [0.15, 0.2) is 11.3 Å². The van der Waals surface area contributed by atoms with E-state index in [1.165, 1.54) is 11.9 Å². The first kappa shape index (κ1) is 28.6. The molecule has 16 heteroatoms. The van der Waals surface area contributed by atoms with Crippen LogP contribution in [0.3, 0.4) is 0 Å². The summed E-state index contributed by atoms with van der Waals surface area (Å²) >= 11 is 2.82. The first-order valence-electron chi connectivity index (χ1n) is 13.3. The summed E-state index contributed by atoms with van der Waals surface area (Å²) in [6.07, 6.45) is 5.71. The Morgan fingerprint density at radius 1 is 1.40 bits per heavy atom. The number of hydrogen-bond donors (Lipinski definition) is 5. The number of hydrogen-bond acceptors (Lipinski definition) is 12. The molecule has 0 bridgehead atoms. The number of rotatable bonds is 12. The molecule has 2 aromatic heterocycles. The molecule has 216 valence electrons. The Bertz CT molecular complexity index is 1300. The Hall–Kier alpha value is -2.92. The van der Waals surface area contributed by atoms with Crippen molar-refractivity contribution in [3.8, 4) is 0 Å². The molecule has 3 unspecified atom stereocenters. The molecule has 2 saturated heterocycles. The van der Waals surface area contributed by atoms with E-state index in [0.717, 1.165) is 30.6 Å². The second-order valence-electron chi connectivity index (χ2n) is 9.79. The van der Waals surface area contributed by atoms with E-state index >= 15 is 0 Å². The molecule has 5 heterocycles. The minimum Gasteiger partial charge on any atom is -0.480 e. The number of pyridine rings is 1. The van der Waals surface area contributed by atoms with Gasteiger partial charge >= 0.3 is 11.6 Å². The number of amidine groups is 1. The summed E-state index contributed by atoms with van der Waals surface area (Å²) < 4.78 is 7.07. The van der Waals surface area contributed by atoms with Crippen molar-refractivity contribution in [1.82, 2.24) is 24.5 Å². The zero-order chi connectivity index (χ0) is 28.2. The maximum atomic E-state index is 13.1. The number of oxime groups is 1. The Morgan fingerprint density at radius 3 is 2.98 bits per heavy atom. The van der Waals surface area contributed by atoms with Crippen molar-refractivity contribution in [2.75, 3.05) is 25.4 Å². The summed E-state index contributed by atoms with van der Waals surface area (Å²) in [7, 11) is 0. The summed E-state index contributed by atoms with van der Waals surface area (Å²) in [5, 5.41) is 17.0. The van der Waals surface area contributed by atoms with Crippen molar-refractivity contribution in [2.24, 2.45) is 27.5 Å². The van der Waals surface area contributed by atoms with E-state index in [0.29, 0.717) is 32.0 Å². The number of aromatic nitrogens is 3. The number of nitrogens with two attached hydrogens (primary N) is 2. The van der Waals surface area contributed by atoms with E-state index in [4.69, 9.17) is 16.3 Å². The summed E-state index contributed by atoms with van der Waals surface area (Å²) in [6.45, 7) is 4.49. The Morgan fingerprint density at radius 2 is 2.25 bits per heavy atom. The highest BCUT2D eigenvalue weighted by atomic mass is 32.2. The summed E-state index contributed by atoms with van der Waals surface area (Å²) in [4.78, 5) is 41.5. The van der Waals surface area contributed by atoms with Crippen LogP contribution in [0.25, 0.3) is 11.2 Å².